The maximum Gasteiger partial charge on any atom is 0.234 e. The van der Waals surface area contributed by atoms with E-state index in [1.54, 1.807) is 0 Å². The molecule has 0 rings (SSSR count). The Hall–Kier alpha value is 0.0500. The molecule has 0 aromatic heterocycles. The highest BCUT2D eigenvalue weighted by Gasteiger charge is 1.90. The van der Waals surface area contributed by atoms with Gasteiger partial charge >= 0.3 is 0 Å². The third-order valence-corrected chi connectivity index (χ3v) is 0.730. The number of hydrogen-bond donors (Lipinski definition) is 0. The summed E-state index contributed by atoms with van der Waals surface area (Å²) in [6.45, 7) is 0. The highest BCUT2D eigenvalue weighted by molar-refractivity contribution is 7.78. The molecular weight excluding hydrogens is 134 g/mol. The Labute approximate surface area is 52.1 Å². The maximum absolute atomic E-state index is 5.25. The minimum absolute atomic E-state index is 0.669. The molecule has 40 valence electrons. The van der Waals surface area contributed by atoms with E-state index in [1.807, 2.05) is 0 Å². The lowest BCUT2D eigenvalue weighted by Gasteiger charge is -1.92. The van der Waals surface area contributed by atoms with Crippen LogP contribution in [0.3, 0.4) is 0 Å². The van der Waals surface area contributed by atoms with Gasteiger partial charge in [-0.15, -0.1) is 0 Å². The van der Waals surface area contributed by atoms with E-state index in [-0.39, 0.29) is 0 Å². The number of nitrogens with zero attached hydrogens (tertiary/aromatic N) is 1. The maximum atomic E-state index is 5.25. The molecule has 4 heteroatoms. The van der Waals surface area contributed by atoms with Crippen LogP contribution in [0.25, 0.3) is 0 Å². The number of hydrogen-bond acceptors (Lipinski definition) is 3. The summed E-state index contributed by atoms with van der Waals surface area (Å²) in [7, 11) is 1.44. The van der Waals surface area contributed by atoms with Crippen LogP contribution in [0.5, 0.6) is 0 Å². The molecular formula is C3H4ClNOS. The van der Waals surface area contributed by atoms with E-state index in [4.69, 9.17) is 11.6 Å². The predicted octanol–water partition coefficient (Wildman–Crippen LogP) is 1.26. The van der Waals surface area contributed by atoms with Crippen molar-refractivity contribution in [3.05, 3.63) is 0 Å². The largest absolute Gasteiger partial charge is 0.346 e. The number of alkyl halides is 1. The van der Waals surface area contributed by atoms with Crippen molar-refractivity contribution in [2.75, 3.05) is 7.11 Å². The lowest BCUT2D eigenvalue weighted by atomic mass is 11.2. The fourth-order valence-electron chi connectivity index (χ4n) is 0.0941. The van der Waals surface area contributed by atoms with E-state index in [0.29, 0.717) is 0 Å². The Morgan fingerprint density at radius 2 is 2.57 bits per heavy atom. The van der Waals surface area contributed by atoms with Gasteiger partial charge in [-0.3, -0.25) is 0 Å². The molecule has 0 spiro atoms. The summed E-state index contributed by atoms with van der Waals surface area (Å²) in [5, 5.41) is 2.07. The zero-order chi connectivity index (χ0) is 5.70. The van der Waals surface area contributed by atoms with Crippen molar-refractivity contribution in [1.82, 2.24) is 0 Å². The van der Waals surface area contributed by atoms with Gasteiger partial charge in [0.2, 0.25) is 5.69 Å². The van der Waals surface area contributed by atoms with Crippen molar-refractivity contribution < 1.29 is 4.74 Å². The van der Waals surface area contributed by atoms with Gasteiger partial charge in [0, 0.05) is 7.11 Å². The van der Waals surface area contributed by atoms with Crippen LogP contribution in [-0.2, 0) is 4.74 Å². The number of methoxy groups -OCH3 is 1. The van der Waals surface area contributed by atoms with E-state index in [1.165, 1.54) is 7.11 Å². The second-order valence-corrected chi connectivity index (χ2v) is 1.30. The van der Waals surface area contributed by atoms with Gasteiger partial charge in [0.05, 0.1) is 5.16 Å². The first kappa shape index (κ1) is 7.05. The van der Waals surface area contributed by atoms with Crippen LogP contribution >= 0.6 is 23.8 Å². The summed E-state index contributed by atoms with van der Waals surface area (Å²) in [4.78, 5) is 3.35. The Morgan fingerprint density at radius 1 is 2.00 bits per heavy atom. The monoisotopic (exact) mass is 137 g/mol. The Morgan fingerprint density at radius 3 is 2.71 bits per heavy atom. The van der Waals surface area contributed by atoms with Gasteiger partial charge in [-0.05, 0) is 12.2 Å². The van der Waals surface area contributed by atoms with Crippen molar-refractivity contribution in [2.45, 2.75) is 5.69 Å². The van der Waals surface area contributed by atoms with Crippen molar-refractivity contribution in [3.8, 4) is 0 Å². The van der Waals surface area contributed by atoms with Crippen molar-refractivity contribution >= 4 is 29.0 Å². The average Bonchev–Trinajstić information content (AvgIpc) is 1.68. The smallest absolute Gasteiger partial charge is 0.234 e. The Bertz CT molecular complexity index is 90.9. The fourth-order valence-corrected chi connectivity index (χ4v) is 0.297. The molecule has 0 saturated heterocycles. The quantitative estimate of drug-likeness (QED) is 0.247. The summed E-state index contributed by atoms with van der Waals surface area (Å²) in [5.41, 5.74) is -0.669. The van der Waals surface area contributed by atoms with E-state index >= 15 is 0 Å². The topological polar surface area (TPSA) is 21.6 Å². The van der Waals surface area contributed by atoms with Crippen LogP contribution in [-0.4, -0.2) is 18.0 Å². The van der Waals surface area contributed by atoms with Gasteiger partial charge in [-0.2, -0.15) is 4.99 Å². The number of rotatable bonds is 2. The van der Waals surface area contributed by atoms with Crippen molar-refractivity contribution in [3.63, 3.8) is 0 Å². The molecule has 0 radical (unpaired) electrons. The summed E-state index contributed by atoms with van der Waals surface area (Å²) in [6.07, 6.45) is 0. The van der Waals surface area contributed by atoms with E-state index in [9.17, 15) is 0 Å². The molecule has 0 heterocycles. The highest BCUT2D eigenvalue weighted by atomic mass is 35.5. The second kappa shape index (κ2) is 4.22. The van der Waals surface area contributed by atoms with Crippen LogP contribution in [0.4, 0.5) is 0 Å². The zero-order valence-corrected chi connectivity index (χ0v) is 5.29. The number of aliphatic imine (C=N–C) groups is 1. The first-order valence-corrected chi connectivity index (χ1v) is 2.39. The van der Waals surface area contributed by atoms with Crippen molar-refractivity contribution in [1.29, 1.82) is 0 Å². The normalized spacial score (nSPS) is 12.3. The fraction of sp³-hybridized carbons (Fsp3) is 0.667. The van der Waals surface area contributed by atoms with Crippen LogP contribution in [0.15, 0.2) is 4.99 Å². The molecule has 7 heavy (non-hydrogen) atoms. The first-order chi connectivity index (χ1) is 3.31. The molecule has 0 aliphatic carbocycles. The molecule has 0 fully saturated rings. The van der Waals surface area contributed by atoms with E-state index in [2.05, 4.69) is 27.1 Å². The van der Waals surface area contributed by atoms with Gasteiger partial charge in [0.25, 0.3) is 0 Å². The molecule has 1 atom stereocenters. The second-order valence-electron chi connectivity index (χ2n) is 0.748. The predicted molar refractivity (Wildman–Crippen MR) is 31.7 cm³/mol. The van der Waals surface area contributed by atoms with Gasteiger partial charge in [-0.25, -0.2) is 0 Å². The van der Waals surface area contributed by atoms with Crippen LogP contribution in [0.2, 0.25) is 0 Å². The first-order valence-electron chi connectivity index (χ1n) is 1.55. The van der Waals surface area contributed by atoms with Crippen LogP contribution < -0.4 is 0 Å². The molecule has 0 aliphatic heterocycles. The molecule has 0 amide bonds. The highest BCUT2D eigenvalue weighted by Crippen LogP contribution is 1.93. The minimum atomic E-state index is -0.669. The molecule has 0 bridgehead atoms. The van der Waals surface area contributed by atoms with Crippen LogP contribution in [0.1, 0.15) is 0 Å². The third kappa shape index (κ3) is 3.89. The Balaban J connectivity index is 3.35. The zero-order valence-electron chi connectivity index (χ0n) is 3.72. The molecule has 0 saturated carbocycles. The average molecular weight is 138 g/mol. The number of isothiocyanates is 1. The molecule has 0 N–H and O–H groups in total. The van der Waals surface area contributed by atoms with E-state index in [0.717, 1.165) is 0 Å². The van der Waals surface area contributed by atoms with Crippen molar-refractivity contribution in [2.24, 2.45) is 4.99 Å². The number of ether oxygens (including phenoxy) is 1. The summed E-state index contributed by atoms with van der Waals surface area (Å²) in [6, 6.07) is 0. The molecule has 1 unspecified atom stereocenters. The standard InChI is InChI=1S/C3H4ClNOS/c1-6-3(4)5-2-7/h3H,1H3. The van der Waals surface area contributed by atoms with Gasteiger partial charge in [0.15, 0.2) is 0 Å². The van der Waals surface area contributed by atoms with Crippen LogP contribution in [0, 0.1) is 0 Å². The van der Waals surface area contributed by atoms with Gasteiger partial charge in [-0.1, -0.05) is 11.6 Å². The SMILES string of the molecule is COC(Cl)N=C=S. The minimum Gasteiger partial charge on any atom is -0.346 e. The third-order valence-electron chi connectivity index (χ3n) is 0.349. The van der Waals surface area contributed by atoms with Gasteiger partial charge < -0.3 is 4.74 Å². The molecule has 2 nitrogen and oxygen atoms in total. The van der Waals surface area contributed by atoms with E-state index < -0.39 is 5.69 Å². The Kier molecular flexibility index (Phi) is 4.25. The lowest BCUT2D eigenvalue weighted by molar-refractivity contribution is 0.175. The molecule has 0 aromatic carbocycles. The number of thiocarbonyl (C=S) groups is 1. The van der Waals surface area contributed by atoms with Gasteiger partial charge in [0.1, 0.15) is 0 Å². The number of halogens is 1. The summed E-state index contributed by atoms with van der Waals surface area (Å²) < 4.78 is 4.46. The summed E-state index contributed by atoms with van der Waals surface area (Å²) in [5.74, 6) is 0. The lowest BCUT2D eigenvalue weighted by Crippen LogP contribution is -1.93. The molecule has 0 aromatic rings. The summed E-state index contributed by atoms with van der Waals surface area (Å²) >= 11 is 9.46. The molecule has 0 aliphatic rings.